The third-order valence-electron chi connectivity index (χ3n) is 4.02. The number of imide groups is 1. The molecule has 0 saturated carbocycles. The van der Waals surface area contributed by atoms with Gasteiger partial charge in [-0.15, -0.1) is 11.3 Å². The standard InChI is InChI=1S/C20H27N3O2S/c1-13(2)15-7-9-16(10-8-15)19(17-6-5-11-26-17)21-12-18(24)23-20(25)22-14(3)4/h5-11,13-14,19,21H,12H2,1-4H3,(H2,22,23,24,25)/p+1/t19-/m1/s1. The van der Waals surface area contributed by atoms with Crippen molar-refractivity contribution in [2.45, 2.75) is 45.7 Å². The minimum atomic E-state index is -0.452. The summed E-state index contributed by atoms with van der Waals surface area (Å²) in [4.78, 5) is 24.9. The Balaban J connectivity index is 2.04. The summed E-state index contributed by atoms with van der Waals surface area (Å²) in [6, 6.07) is 12.2. The lowest BCUT2D eigenvalue weighted by atomic mass is 9.98. The summed E-state index contributed by atoms with van der Waals surface area (Å²) >= 11 is 1.67. The fourth-order valence-electron chi connectivity index (χ4n) is 2.67. The predicted molar refractivity (Wildman–Crippen MR) is 105 cm³/mol. The van der Waals surface area contributed by atoms with Gasteiger partial charge in [-0.2, -0.15) is 0 Å². The zero-order valence-corrected chi connectivity index (χ0v) is 16.6. The van der Waals surface area contributed by atoms with Crippen LogP contribution in [0.25, 0.3) is 0 Å². The molecule has 0 bridgehead atoms. The van der Waals surface area contributed by atoms with Crippen LogP contribution in [-0.4, -0.2) is 24.5 Å². The molecule has 6 heteroatoms. The Morgan fingerprint density at radius 3 is 2.23 bits per heavy atom. The second-order valence-electron chi connectivity index (χ2n) is 6.93. The largest absolute Gasteiger partial charge is 0.336 e. The second-order valence-corrected chi connectivity index (χ2v) is 7.91. The van der Waals surface area contributed by atoms with Gasteiger partial charge in [-0.05, 0) is 36.8 Å². The predicted octanol–water partition coefficient (Wildman–Crippen LogP) is 2.76. The number of carbonyl (C=O) groups is 2. The summed E-state index contributed by atoms with van der Waals surface area (Å²) in [7, 11) is 0. The molecule has 1 heterocycles. The lowest BCUT2D eigenvalue weighted by Crippen LogP contribution is -2.87. The summed E-state index contributed by atoms with van der Waals surface area (Å²) in [6.45, 7) is 8.22. The molecule has 26 heavy (non-hydrogen) atoms. The van der Waals surface area contributed by atoms with Crippen molar-refractivity contribution >= 4 is 23.3 Å². The molecule has 1 aromatic carbocycles. The van der Waals surface area contributed by atoms with Gasteiger partial charge in [0.2, 0.25) is 0 Å². The lowest BCUT2D eigenvalue weighted by Gasteiger charge is -2.16. The van der Waals surface area contributed by atoms with E-state index in [2.05, 4.69) is 54.8 Å². The van der Waals surface area contributed by atoms with Crippen LogP contribution in [0.4, 0.5) is 4.79 Å². The summed E-state index contributed by atoms with van der Waals surface area (Å²) in [5.74, 6) is 0.182. The van der Waals surface area contributed by atoms with Gasteiger partial charge in [-0.25, -0.2) is 4.79 Å². The van der Waals surface area contributed by atoms with Crippen molar-refractivity contribution in [3.63, 3.8) is 0 Å². The molecule has 0 fully saturated rings. The average molecular weight is 375 g/mol. The molecule has 140 valence electrons. The third-order valence-corrected chi connectivity index (χ3v) is 4.98. The number of carbonyl (C=O) groups excluding carboxylic acids is 2. The molecule has 0 aliphatic heterocycles. The molecule has 1 aromatic heterocycles. The van der Waals surface area contributed by atoms with E-state index in [0.29, 0.717) is 5.92 Å². The maximum absolute atomic E-state index is 12.1. The van der Waals surface area contributed by atoms with E-state index in [4.69, 9.17) is 0 Å². The summed E-state index contributed by atoms with van der Waals surface area (Å²) in [6.07, 6.45) is 0. The van der Waals surface area contributed by atoms with Gasteiger partial charge < -0.3 is 10.6 Å². The second kappa shape index (κ2) is 9.50. The Morgan fingerprint density at radius 1 is 1.04 bits per heavy atom. The molecule has 2 rings (SSSR count). The highest BCUT2D eigenvalue weighted by atomic mass is 32.1. The molecule has 2 aromatic rings. The molecule has 0 aliphatic rings. The van der Waals surface area contributed by atoms with Crippen LogP contribution in [0.3, 0.4) is 0 Å². The Morgan fingerprint density at radius 2 is 1.69 bits per heavy atom. The molecule has 0 aliphatic carbocycles. The topological polar surface area (TPSA) is 74.8 Å². The number of thiophene rings is 1. The maximum atomic E-state index is 12.1. The molecule has 3 amide bonds. The van der Waals surface area contributed by atoms with E-state index in [1.165, 1.54) is 10.4 Å². The zero-order chi connectivity index (χ0) is 19.1. The molecule has 4 N–H and O–H groups in total. The molecular weight excluding hydrogens is 346 g/mol. The summed E-state index contributed by atoms with van der Waals surface area (Å²) in [5.41, 5.74) is 2.44. The van der Waals surface area contributed by atoms with Crippen molar-refractivity contribution < 1.29 is 14.9 Å². The van der Waals surface area contributed by atoms with Gasteiger partial charge in [0.25, 0.3) is 5.91 Å². The number of hydrogen-bond donors (Lipinski definition) is 3. The van der Waals surface area contributed by atoms with E-state index >= 15 is 0 Å². The fourth-order valence-corrected chi connectivity index (χ4v) is 3.52. The average Bonchev–Trinajstić information content (AvgIpc) is 3.09. The van der Waals surface area contributed by atoms with E-state index in [-0.39, 0.29) is 24.5 Å². The maximum Gasteiger partial charge on any atom is 0.321 e. The van der Waals surface area contributed by atoms with Crippen LogP contribution in [0.15, 0.2) is 41.8 Å². The van der Waals surface area contributed by atoms with Crippen molar-refractivity contribution in [2.75, 3.05) is 6.54 Å². The summed E-state index contributed by atoms with van der Waals surface area (Å²) in [5, 5.41) is 9.03. The Kier molecular flexibility index (Phi) is 7.36. The first kappa shape index (κ1) is 20.1. The fraction of sp³-hybridized carbons (Fsp3) is 0.400. The normalized spacial score (nSPS) is 12.2. The van der Waals surface area contributed by atoms with E-state index < -0.39 is 6.03 Å². The van der Waals surface area contributed by atoms with Crippen LogP contribution >= 0.6 is 11.3 Å². The first-order valence-electron chi connectivity index (χ1n) is 8.93. The zero-order valence-electron chi connectivity index (χ0n) is 15.8. The van der Waals surface area contributed by atoms with Crippen LogP contribution in [0, 0.1) is 0 Å². The van der Waals surface area contributed by atoms with E-state index in [0.717, 1.165) is 5.56 Å². The number of nitrogens with two attached hydrogens (primary N) is 1. The molecule has 0 spiro atoms. The first-order chi connectivity index (χ1) is 12.4. The highest BCUT2D eigenvalue weighted by Crippen LogP contribution is 2.24. The SMILES string of the molecule is CC(C)NC(=O)NC(=O)C[NH2+][C@H](c1ccc(C(C)C)cc1)c1cccs1. The van der Waals surface area contributed by atoms with Crippen LogP contribution in [-0.2, 0) is 4.79 Å². The van der Waals surface area contributed by atoms with Crippen molar-refractivity contribution in [3.05, 3.63) is 57.8 Å². The van der Waals surface area contributed by atoms with Crippen LogP contribution in [0.2, 0.25) is 0 Å². The number of amides is 3. The molecule has 5 nitrogen and oxygen atoms in total. The number of benzene rings is 1. The number of urea groups is 1. The van der Waals surface area contributed by atoms with Gasteiger partial charge >= 0.3 is 6.03 Å². The van der Waals surface area contributed by atoms with E-state index in [9.17, 15) is 9.59 Å². The van der Waals surface area contributed by atoms with Gasteiger partial charge in [-0.1, -0.05) is 44.2 Å². The highest BCUT2D eigenvalue weighted by Gasteiger charge is 2.21. The number of nitrogens with one attached hydrogen (secondary N) is 2. The molecule has 0 radical (unpaired) electrons. The highest BCUT2D eigenvalue weighted by molar-refractivity contribution is 7.10. The van der Waals surface area contributed by atoms with Crippen LogP contribution < -0.4 is 16.0 Å². The quantitative estimate of drug-likeness (QED) is 0.697. The smallest absolute Gasteiger partial charge is 0.321 e. The minimum Gasteiger partial charge on any atom is -0.336 e. The Hall–Kier alpha value is -2.18. The van der Waals surface area contributed by atoms with Gasteiger partial charge in [0.05, 0.1) is 4.88 Å². The Bertz CT molecular complexity index is 709. The third kappa shape index (κ3) is 5.97. The molecule has 0 saturated heterocycles. The number of rotatable bonds is 7. The monoisotopic (exact) mass is 374 g/mol. The van der Waals surface area contributed by atoms with Gasteiger partial charge in [-0.3, -0.25) is 10.1 Å². The van der Waals surface area contributed by atoms with Crippen LogP contribution in [0.5, 0.6) is 0 Å². The van der Waals surface area contributed by atoms with Crippen molar-refractivity contribution in [2.24, 2.45) is 0 Å². The minimum absolute atomic E-state index is 0.00915. The first-order valence-corrected chi connectivity index (χ1v) is 9.81. The molecule has 1 atom stereocenters. The Labute approximate surface area is 159 Å². The van der Waals surface area contributed by atoms with E-state index in [1.54, 1.807) is 11.3 Å². The van der Waals surface area contributed by atoms with E-state index in [1.807, 2.05) is 30.6 Å². The van der Waals surface area contributed by atoms with Crippen LogP contribution in [0.1, 0.15) is 55.7 Å². The molecule has 0 unspecified atom stereocenters. The van der Waals surface area contributed by atoms with Gasteiger partial charge in [0, 0.05) is 11.6 Å². The molecular formula is C20H28N3O2S+. The van der Waals surface area contributed by atoms with Crippen molar-refractivity contribution in [1.29, 1.82) is 0 Å². The van der Waals surface area contributed by atoms with Gasteiger partial charge in [0.1, 0.15) is 6.04 Å². The summed E-state index contributed by atoms with van der Waals surface area (Å²) < 4.78 is 0. The van der Waals surface area contributed by atoms with Crippen molar-refractivity contribution in [3.8, 4) is 0 Å². The lowest BCUT2D eigenvalue weighted by molar-refractivity contribution is -0.676. The number of hydrogen-bond acceptors (Lipinski definition) is 3. The number of quaternary nitrogens is 1. The van der Waals surface area contributed by atoms with Gasteiger partial charge in [0.15, 0.2) is 6.54 Å². The van der Waals surface area contributed by atoms with Crippen molar-refractivity contribution in [1.82, 2.24) is 10.6 Å².